The number of nitrogens with one attached hydrogen (secondary N) is 1. The normalized spacial score (nSPS) is 10.3. The number of hydrogen-bond donors (Lipinski definition) is 2. The molecule has 1 amide bonds. The SMILES string of the molecule is Cc1cc(C(=O)Nc2cccc(F)c2F)cc(N)n1. The van der Waals surface area contributed by atoms with E-state index in [-0.39, 0.29) is 17.1 Å². The van der Waals surface area contributed by atoms with Crippen LogP contribution < -0.4 is 11.1 Å². The third kappa shape index (κ3) is 2.85. The van der Waals surface area contributed by atoms with Gasteiger partial charge in [-0.05, 0) is 31.2 Å². The molecule has 2 aromatic rings. The first-order valence-electron chi connectivity index (χ1n) is 5.47. The first kappa shape index (κ1) is 12.9. The average molecular weight is 263 g/mol. The highest BCUT2D eigenvalue weighted by Crippen LogP contribution is 2.18. The average Bonchev–Trinajstić information content (AvgIpc) is 2.33. The molecule has 1 aromatic heterocycles. The van der Waals surface area contributed by atoms with Gasteiger partial charge in [0.25, 0.3) is 5.91 Å². The minimum atomic E-state index is -1.10. The van der Waals surface area contributed by atoms with Crippen LogP contribution in [-0.2, 0) is 0 Å². The van der Waals surface area contributed by atoms with Gasteiger partial charge in [0.15, 0.2) is 11.6 Å². The van der Waals surface area contributed by atoms with E-state index in [0.29, 0.717) is 5.69 Å². The van der Waals surface area contributed by atoms with Crippen LogP contribution in [0.2, 0.25) is 0 Å². The molecule has 2 rings (SSSR count). The maximum Gasteiger partial charge on any atom is 0.255 e. The van der Waals surface area contributed by atoms with Crippen molar-refractivity contribution in [2.24, 2.45) is 0 Å². The van der Waals surface area contributed by atoms with E-state index in [4.69, 9.17) is 5.73 Å². The van der Waals surface area contributed by atoms with E-state index in [0.717, 1.165) is 6.07 Å². The molecule has 0 aliphatic carbocycles. The van der Waals surface area contributed by atoms with E-state index in [1.54, 1.807) is 6.92 Å². The zero-order valence-electron chi connectivity index (χ0n) is 10.1. The van der Waals surface area contributed by atoms with E-state index in [1.807, 2.05) is 0 Å². The van der Waals surface area contributed by atoms with Gasteiger partial charge >= 0.3 is 0 Å². The number of nitrogen functional groups attached to an aromatic ring is 1. The second kappa shape index (κ2) is 5.01. The lowest BCUT2D eigenvalue weighted by Crippen LogP contribution is -2.14. The molecule has 6 heteroatoms. The molecule has 1 aromatic carbocycles. The molecule has 0 aliphatic heterocycles. The summed E-state index contributed by atoms with van der Waals surface area (Å²) in [5, 5.41) is 2.28. The molecule has 0 atom stereocenters. The highest BCUT2D eigenvalue weighted by Gasteiger charge is 2.13. The minimum absolute atomic E-state index is 0.185. The minimum Gasteiger partial charge on any atom is -0.384 e. The number of hydrogen-bond acceptors (Lipinski definition) is 3. The molecule has 3 N–H and O–H groups in total. The Kier molecular flexibility index (Phi) is 3.41. The van der Waals surface area contributed by atoms with E-state index in [9.17, 15) is 13.6 Å². The first-order chi connectivity index (χ1) is 8.97. The monoisotopic (exact) mass is 263 g/mol. The van der Waals surface area contributed by atoms with Gasteiger partial charge in [-0.2, -0.15) is 0 Å². The summed E-state index contributed by atoms with van der Waals surface area (Å²) in [6.45, 7) is 1.68. The van der Waals surface area contributed by atoms with Gasteiger partial charge in [0, 0.05) is 11.3 Å². The molecule has 0 aliphatic rings. The third-order valence-corrected chi connectivity index (χ3v) is 2.44. The van der Waals surface area contributed by atoms with Crippen LogP contribution in [0.15, 0.2) is 30.3 Å². The second-order valence-corrected chi connectivity index (χ2v) is 3.98. The van der Waals surface area contributed by atoms with Crippen molar-refractivity contribution in [1.29, 1.82) is 0 Å². The number of nitrogens with two attached hydrogens (primary N) is 1. The van der Waals surface area contributed by atoms with Crippen LogP contribution in [0.3, 0.4) is 0 Å². The summed E-state index contributed by atoms with van der Waals surface area (Å²) >= 11 is 0. The van der Waals surface area contributed by atoms with Crippen LogP contribution in [0.1, 0.15) is 16.1 Å². The van der Waals surface area contributed by atoms with Crippen LogP contribution in [0.25, 0.3) is 0 Å². The lowest BCUT2D eigenvalue weighted by molar-refractivity contribution is 0.102. The fourth-order valence-electron chi connectivity index (χ4n) is 1.62. The Morgan fingerprint density at radius 3 is 2.74 bits per heavy atom. The number of benzene rings is 1. The fraction of sp³-hybridized carbons (Fsp3) is 0.0769. The molecule has 1 heterocycles. The number of pyridine rings is 1. The Morgan fingerprint density at radius 1 is 1.32 bits per heavy atom. The van der Waals surface area contributed by atoms with Crippen LogP contribution in [0, 0.1) is 18.6 Å². The lowest BCUT2D eigenvalue weighted by Gasteiger charge is -2.07. The van der Waals surface area contributed by atoms with Crippen LogP contribution in [0.5, 0.6) is 0 Å². The zero-order valence-corrected chi connectivity index (χ0v) is 10.1. The van der Waals surface area contributed by atoms with Crippen molar-refractivity contribution < 1.29 is 13.6 Å². The zero-order chi connectivity index (χ0) is 14.0. The van der Waals surface area contributed by atoms with Crippen LogP contribution >= 0.6 is 0 Å². The molecular weight excluding hydrogens is 252 g/mol. The summed E-state index contributed by atoms with van der Waals surface area (Å²) in [6, 6.07) is 6.41. The summed E-state index contributed by atoms with van der Waals surface area (Å²) in [6.07, 6.45) is 0. The Balaban J connectivity index is 2.28. The largest absolute Gasteiger partial charge is 0.384 e. The Morgan fingerprint density at radius 2 is 2.05 bits per heavy atom. The van der Waals surface area contributed by atoms with E-state index in [2.05, 4.69) is 10.3 Å². The predicted octanol–water partition coefficient (Wildman–Crippen LogP) is 2.50. The van der Waals surface area contributed by atoms with Crippen molar-refractivity contribution in [2.75, 3.05) is 11.1 Å². The number of carbonyl (C=O) groups is 1. The van der Waals surface area contributed by atoms with Crippen LogP contribution in [0.4, 0.5) is 20.3 Å². The molecule has 0 spiro atoms. The van der Waals surface area contributed by atoms with E-state index >= 15 is 0 Å². The maximum atomic E-state index is 13.4. The fourth-order valence-corrected chi connectivity index (χ4v) is 1.62. The number of halogens is 2. The molecule has 0 saturated heterocycles. The van der Waals surface area contributed by atoms with Gasteiger partial charge in [0.1, 0.15) is 5.82 Å². The molecule has 0 bridgehead atoms. The summed E-state index contributed by atoms with van der Waals surface area (Å²) in [7, 11) is 0. The first-order valence-corrected chi connectivity index (χ1v) is 5.47. The lowest BCUT2D eigenvalue weighted by atomic mass is 10.2. The van der Waals surface area contributed by atoms with E-state index < -0.39 is 17.5 Å². The molecule has 98 valence electrons. The molecule has 0 unspecified atom stereocenters. The quantitative estimate of drug-likeness (QED) is 0.874. The number of carbonyl (C=O) groups excluding carboxylic acids is 1. The van der Waals surface area contributed by atoms with Crippen molar-refractivity contribution >= 4 is 17.4 Å². The number of amides is 1. The highest BCUT2D eigenvalue weighted by atomic mass is 19.2. The van der Waals surface area contributed by atoms with Gasteiger partial charge in [-0.3, -0.25) is 4.79 Å². The third-order valence-electron chi connectivity index (χ3n) is 2.44. The van der Waals surface area contributed by atoms with Gasteiger partial charge in [-0.25, -0.2) is 13.8 Å². The van der Waals surface area contributed by atoms with Gasteiger partial charge in [-0.15, -0.1) is 0 Å². The van der Waals surface area contributed by atoms with Gasteiger partial charge in [0.2, 0.25) is 0 Å². The van der Waals surface area contributed by atoms with Crippen molar-refractivity contribution in [1.82, 2.24) is 4.98 Å². The number of aryl methyl sites for hydroxylation is 1. The van der Waals surface area contributed by atoms with Crippen molar-refractivity contribution in [3.05, 3.63) is 53.2 Å². The molecule has 0 radical (unpaired) electrons. The standard InChI is InChI=1S/C13H11F2N3O/c1-7-5-8(6-11(16)17-7)13(19)18-10-4-2-3-9(14)12(10)15/h2-6H,1H3,(H2,16,17)(H,18,19). The Hall–Kier alpha value is -2.50. The summed E-state index contributed by atoms with van der Waals surface area (Å²) < 4.78 is 26.4. The molecule has 0 saturated carbocycles. The highest BCUT2D eigenvalue weighted by molar-refractivity contribution is 6.04. The molecular formula is C13H11F2N3O. The predicted molar refractivity (Wildman–Crippen MR) is 67.7 cm³/mol. The van der Waals surface area contributed by atoms with Crippen molar-refractivity contribution in [3.8, 4) is 0 Å². The maximum absolute atomic E-state index is 13.4. The van der Waals surface area contributed by atoms with Gasteiger partial charge in [-0.1, -0.05) is 6.07 Å². The topological polar surface area (TPSA) is 68.0 Å². The van der Waals surface area contributed by atoms with Crippen molar-refractivity contribution in [3.63, 3.8) is 0 Å². The second-order valence-electron chi connectivity index (χ2n) is 3.98. The van der Waals surface area contributed by atoms with Gasteiger partial charge in [0.05, 0.1) is 5.69 Å². The Labute approximate surface area is 108 Å². The number of aromatic nitrogens is 1. The van der Waals surface area contributed by atoms with Crippen molar-refractivity contribution in [2.45, 2.75) is 6.92 Å². The Bertz CT molecular complexity index is 624. The molecule has 4 nitrogen and oxygen atoms in total. The summed E-state index contributed by atoms with van der Waals surface area (Å²) in [4.78, 5) is 15.8. The number of anilines is 2. The number of nitrogens with zero attached hydrogens (tertiary/aromatic N) is 1. The smallest absolute Gasteiger partial charge is 0.255 e. The molecule has 19 heavy (non-hydrogen) atoms. The summed E-state index contributed by atoms with van der Waals surface area (Å²) in [5.41, 5.74) is 6.09. The number of rotatable bonds is 2. The van der Waals surface area contributed by atoms with Crippen LogP contribution in [-0.4, -0.2) is 10.9 Å². The summed E-state index contributed by atoms with van der Waals surface area (Å²) in [5.74, 6) is -2.52. The molecule has 0 fully saturated rings. The van der Waals surface area contributed by atoms with Gasteiger partial charge < -0.3 is 11.1 Å². The van der Waals surface area contributed by atoms with E-state index in [1.165, 1.54) is 24.3 Å².